The lowest BCUT2D eigenvalue weighted by Crippen LogP contribution is -2.61. The molecule has 19 heavy (non-hydrogen) atoms. The van der Waals surface area contributed by atoms with Crippen molar-refractivity contribution in [1.82, 2.24) is 4.90 Å². The van der Waals surface area contributed by atoms with Crippen LogP contribution >= 0.6 is 12.4 Å². The summed E-state index contributed by atoms with van der Waals surface area (Å²) in [5.41, 5.74) is 3.96. The maximum atomic E-state index is 2.90. The Morgan fingerprint density at radius 2 is 1.42 bits per heavy atom. The molecule has 0 aromatic rings. The summed E-state index contributed by atoms with van der Waals surface area (Å²) in [5.74, 6) is 3.26. The molecule has 1 nitrogen and oxygen atoms in total. The Morgan fingerprint density at radius 3 is 1.89 bits per heavy atom. The molecule has 0 aromatic carbocycles. The summed E-state index contributed by atoms with van der Waals surface area (Å²) in [5, 5.41) is 0. The zero-order valence-electron chi connectivity index (χ0n) is 12.5. The van der Waals surface area contributed by atoms with Crippen molar-refractivity contribution in [3.8, 4) is 0 Å². The molecule has 0 spiro atoms. The molecule has 108 valence electrons. The van der Waals surface area contributed by atoms with Gasteiger partial charge in [-0.15, -0.1) is 12.4 Å². The lowest BCUT2D eigenvalue weighted by molar-refractivity contribution is -0.0868. The molecule has 0 N–H and O–H groups in total. The molecule has 5 rings (SSSR count). The highest BCUT2D eigenvalue weighted by molar-refractivity contribution is 5.85. The second-order valence-corrected chi connectivity index (χ2v) is 7.87. The highest BCUT2D eigenvalue weighted by Crippen LogP contribution is 2.58. The average molecular weight is 282 g/mol. The Balaban J connectivity index is 0.00000110. The summed E-state index contributed by atoms with van der Waals surface area (Å²) >= 11 is 0. The summed E-state index contributed by atoms with van der Waals surface area (Å²) < 4.78 is 0. The zero-order valence-corrected chi connectivity index (χ0v) is 13.3. The average Bonchev–Trinajstić information content (AvgIpc) is 2.31. The first-order valence-corrected chi connectivity index (χ1v) is 8.05. The Kier molecular flexibility index (Phi) is 3.50. The van der Waals surface area contributed by atoms with E-state index in [4.69, 9.17) is 0 Å². The fourth-order valence-corrected chi connectivity index (χ4v) is 5.87. The molecule has 0 saturated heterocycles. The van der Waals surface area contributed by atoms with Crippen LogP contribution in [-0.2, 0) is 0 Å². The van der Waals surface area contributed by atoms with Crippen LogP contribution in [0.25, 0.3) is 0 Å². The number of hydrogen-bond acceptors (Lipinski definition) is 1. The number of nitrogens with zero attached hydrogens (tertiary/aromatic N) is 1. The van der Waals surface area contributed by atoms with Crippen LogP contribution in [0.5, 0.6) is 0 Å². The van der Waals surface area contributed by atoms with E-state index < -0.39 is 0 Å². The summed E-state index contributed by atoms with van der Waals surface area (Å²) in [7, 11) is 0. The minimum absolute atomic E-state index is 0. The van der Waals surface area contributed by atoms with E-state index >= 15 is 0 Å². The lowest BCUT2D eigenvalue weighted by Gasteiger charge is -2.61. The topological polar surface area (TPSA) is 3.24 Å². The van der Waals surface area contributed by atoms with Crippen molar-refractivity contribution in [1.29, 1.82) is 0 Å². The minimum Gasteiger partial charge on any atom is -0.293 e. The highest BCUT2D eigenvalue weighted by Gasteiger charge is 2.53. The monoisotopic (exact) mass is 281 g/mol. The van der Waals surface area contributed by atoms with Crippen LogP contribution in [0.3, 0.4) is 0 Å². The summed E-state index contributed by atoms with van der Waals surface area (Å²) in [6, 6.07) is 0. The van der Waals surface area contributed by atoms with Gasteiger partial charge in [-0.25, -0.2) is 0 Å². The molecule has 4 aliphatic carbocycles. The van der Waals surface area contributed by atoms with E-state index in [9.17, 15) is 0 Å². The summed E-state index contributed by atoms with van der Waals surface area (Å²) in [6.45, 7) is 7.32. The molecule has 4 saturated carbocycles. The molecule has 2 heteroatoms. The molecule has 5 aliphatic rings. The van der Waals surface area contributed by atoms with Crippen LogP contribution in [0.2, 0.25) is 0 Å². The molecule has 0 amide bonds. The fourth-order valence-electron chi connectivity index (χ4n) is 5.87. The normalized spacial score (nSPS) is 45.5. The van der Waals surface area contributed by atoms with Crippen LogP contribution in [0.15, 0.2) is 11.1 Å². The van der Waals surface area contributed by atoms with E-state index in [0.29, 0.717) is 5.54 Å². The number of halogens is 1. The fraction of sp³-hybridized carbons (Fsp3) is 0.882. The predicted molar refractivity (Wildman–Crippen MR) is 82.7 cm³/mol. The van der Waals surface area contributed by atoms with Gasteiger partial charge in [-0.1, -0.05) is 11.1 Å². The van der Waals surface area contributed by atoms with Crippen molar-refractivity contribution >= 4 is 12.4 Å². The molecule has 4 bridgehead atoms. The number of hydrogen-bond donors (Lipinski definition) is 0. The molecule has 1 heterocycles. The zero-order chi connectivity index (χ0) is 12.3. The van der Waals surface area contributed by atoms with Crippen molar-refractivity contribution in [3.63, 3.8) is 0 Å². The molecule has 0 radical (unpaired) electrons. The van der Waals surface area contributed by atoms with E-state index in [1.807, 2.05) is 0 Å². The molecule has 0 unspecified atom stereocenters. The van der Waals surface area contributed by atoms with Crippen molar-refractivity contribution in [2.24, 2.45) is 17.8 Å². The third-order valence-corrected chi connectivity index (χ3v) is 6.59. The largest absolute Gasteiger partial charge is 0.293 e. The van der Waals surface area contributed by atoms with Gasteiger partial charge in [-0.2, -0.15) is 0 Å². The van der Waals surface area contributed by atoms with Gasteiger partial charge in [0.25, 0.3) is 0 Å². The molecular formula is C17H28ClN. The van der Waals surface area contributed by atoms with E-state index in [1.165, 1.54) is 38.8 Å². The van der Waals surface area contributed by atoms with Crippen LogP contribution in [0, 0.1) is 17.8 Å². The van der Waals surface area contributed by atoms with Gasteiger partial charge < -0.3 is 0 Å². The first kappa shape index (κ1) is 13.9. The quantitative estimate of drug-likeness (QED) is 0.643. The van der Waals surface area contributed by atoms with Gasteiger partial charge in [0, 0.05) is 18.6 Å². The first-order chi connectivity index (χ1) is 8.64. The van der Waals surface area contributed by atoms with Gasteiger partial charge in [0.15, 0.2) is 0 Å². The first-order valence-electron chi connectivity index (χ1n) is 8.05. The minimum atomic E-state index is 0. The van der Waals surface area contributed by atoms with Gasteiger partial charge in [-0.3, -0.25) is 4.90 Å². The Labute approximate surface area is 124 Å². The van der Waals surface area contributed by atoms with E-state index in [2.05, 4.69) is 18.7 Å². The highest BCUT2D eigenvalue weighted by atomic mass is 35.5. The van der Waals surface area contributed by atoms with Crippen LogP contribution in [0.4, 0.5) is 0 Å². The second kappa shape index (κ2) is 4.77. The Bertz CT molecular complexity index is 363. The summed E-state index contributed by atoms with van der Waals surface area (Å²) in [4.78, 5) is 2.90. The smallest absolute Gasteiger partial charge is 0.0221 e. The van der Waals surface area contributed by atoms with Crippen LogP contribution < -0.4 is 0 Å². The lowest BCUT2D eigenvalue weighted by atomic mass is 9.52. The van der Waals surface area contributed by atoms with Crippen LogP contribution in [-0.4, -0.2) is 23.5 Å². The third-order valence-electron chi connectivity index (χ3n) is 6.59. The maximum Gasteiger partial charge on any atom is 0.0221 e. The molecule has 1 aliphatic heterocycles. The van der Waals surface area contributed by atoms with Crippen molar-refractivity contribution in [2.45, 2.75) is 64.3 Å². The van der Waals surface area contributed by atoms with E-state index in [-0.39, 0.29) is 12.4 Å². The summed E-state index contributed by atoms with van der Waals surface area (Å²) in [6.07, 6.45) is 10.6. The Morgan fingerprint density at radius 1 is 0.895 bits per heavy atom. The molecule has 0 aromatic heterocycles. The van der Waals surface area contributed by atoms with Crippen LogP contribution in [0.1, 0.15) is 58.8 Å². The maximum absolute atomic E-state index is 2.90. The molecule has 4 fully saturated rings. The van der Waals surface area contributed by atoms with E-state index in [1.54, 1.807) is 30.4 Å². The SMILES string of the molecule is CC1=C(C)CN(C23CC4CC(CC(C4)C2)C3)CC1.Cl. The van der Waals surface area contributed by atoms with Gasteiger partial charge >= 0.3 is 0 Å². The van der Waals surface area contributed by atoms with Gasteiger partial charge in [0.1, 0.15) is 0 Å². The predicted octanol–water partition coefficient (Wildman–Crippen LogP) is 4.42. The standard InChI is InChI=1S/C17H27N.ClH/c1-12-3-4-18(11-13(12)2)17-8-14-5-15(9-17)7-16(6-14)10-17;/h14-16H,3-11H2,1-2H3;1H. The molecular weight excluding hydrogens is 254 g/mol. The van der Waals surface area contributed by atoms with Crippen molar-refractivity contribution in [3.05, 3.63) is 11.1 Å². The number of rotatable bonds is 1. The van der Waals surface area contributed by atoms with Crippen molar-refractivity contribution in [2.75, 3.05) is 13.1 Å². The molecule has 0 atom stereocenters. The van der Waals surface area contributed by atoms with E-state index in [0.717, 1.165) is 17.8 Å². The van der Waals surface area contributed by atoms with Gasteiger partial charge in [0.2, 0.25) is 0 Å². The second-order valence-electron chi connectivity index (χ2n) is 7.87. The van der Waals surface area contributed by atoms with Gasteiger partial charge in [0.05, 0.1) is 0 Å². The van der Waals surface area contributed by atoms with Crippen molar-refractivity contribution < 1.29 is 0 Å². The van der Waals surface area contributed by atoms with Gasteiger partial charge in [-0.05, 0) is 76.5 Å². The third kappa shape index (κ3) is 2.17. The Hall–Kier alpha value is -0.0100.